The summed E-state index contributed by atoms with van der Waals surface area (Å²) in [5, 5.41) is 7.28. The fraction of sp³-hybridized carbons (Fsp3) is 0.276. The first-order valence-corrected chi connectivity index (χ1v) is 12.9. The molecule has 0 saturated heterocycles. The summed E-state index contributed by atoms with van der Waals surface area (Å²) in [6, 6.07) is 12.3. The van der Waals surface area contributed by atoms with Crippen molar-refractivity contribution in [2.75, 3.05) is 4.42 Å². The Balaban J connectivity index is 1.32. The van der Waals surface area contributed by atoms with E-state index < -0.39 is 11.5 Å². The van der Waals surface area contributed by atoms with E-state index in [-0.39, 0.29) is 29.1 Å². The smallest absolute Gasteiger partial charge is 0.338 e. The van der Waals surface area contributed by atoms with E-state index in [4.69, 9.17) is 16.5 Å². The van der Waals surface area contributed by atoms with Gasteiger partial charge in [-0.3, -0.25) is 9.59 Å². The second-order valence-electron chi connectivity index (χ2n) is 10.5. The van der Waals surface area contributed by atoms with Crippen LogP contribution in [0.2, 0.25) is 0 Å². The van der Waals surface area contributed by atoms with Gasteiger partial charge in [-0.25, -0.2) is 18.7 Å². The Hall–Kier alpha value is -4.24. The lowest BCUT2D eigenvalue weighted by Crippen LogP contribution is -2.28. The maximum absolute atomic E-state index is 13.1. The van der Waals surface area contributed by atoms with Crippen molar-refractivity contribution < 1.29 is 19.1 Å². The number of nitrogens with one attached hydrogen (secondary N) is 1. The predicted molar refractivity (Wildman–Crippen MR) is 147 cm³/mol. The summed E-state index contributed by atoms with van der Waals surface area (Å²) in [5.41, 5.74) is 4.18. The minimum absolute atomic E-state index is 0.208. The molecular formula is C29H28ClN5O4. The average Bonchev–Trinajstić information content (AvgIpc) is 3.51. The van der Waals surface area contributed by atoms with Crippen LogP contribution in [0, 0.1) is 6.92 Å². The number of amides is 2. The molecule has 1 N–H and O–H groups in total. The fourth-order valence-electron chi connectivity index (χ4n) is 4.75. The highest BCUT2D eigenvalue weighted by atomic mass is 35.5. The van der Waals surface area contributed by atoms with E-state index >= 15 is 0 Å². The molecule has 1 atom stereocenters. The Morgan fingerprint density at radius 2 is 1.82 bits per heavy atom. The van der Waals surface area contributed by atoms with Gasteiger partial charge in [-0.1, -0.05) is 24.3 Å². The van der Waals surface area contributed by atoms with Gasteiger partial charge in [0.2, 0.25) is 0 Å². The van der Waals surface area contributed by atoms with E-state index in [1.807, 2.05) is 39.8 Å². The van der Waals surface area contributed by atoms with E-state index in [0.29, 0.717) is 23.2 Å². The van der Waals surface area contributed by atoms with Crippen molar-refractivity contribution in [3.63, 3.8) is 0 Å². The molecule has 0 saturated carbocycles. The van der Waals surface area contributed by atoms with Gasteiger partial charge in [0.05, 0.1) is 29.1 Å². The van der Waals surface area contributed by atoms with Crippen molar-refractivity contribution >= 4 is 40.9 Å². The first kappa shape index (κ1) is 26.4. The molecule has 2 heterocycles. The molecule has 4 aromatic rings. The molecular weight excluding hydrogens is 518 g/mol. The number of carbonyl (C=O) groups is 3. The van der Waals surface area contributed by atoms with Gasteiger partial charge in [0, 0.05) is 24.2 Å². The summed E-state index contributed by atoms with van der Waals surface area (Å²) in [6.45, 7) is 7.43. The third-order valence-corrected chi connectivity index (χ3v) is 6.98. The van der Waals surface area contributed by atoms with Crippen molar-refractivity contribution in [1.82, 2.24) is 19.9 Å². The van der Waals surface area contributed by atoms with Crippen molar-refractivity contribution in [3.05, 3.63) is 94.4 Å². The highest BCUT2D eigenvalue weighted by Crippen LogP contribution is 2.35. The summed E-state index contributed by atoms with van der Waals surface area (Å²) in [7, 11) is 0. The van der Waals surface area contributed by atoms with Crippen molar-refractivity contribution in [2.45, 2.75) is 52.2 Å². The molecule has 1 aliphatic rings. The zero-order chi connectivity index (χ0) is 27.9. The first-order chi connectivity index (χ1) is 18.5. The Kier molecular flexibility index (Phi) is 6.86. The van der Waals surface area contributed by atoms with Crippen LogP contribution in [0.5, 0.6) is 0 Å². The number of rotatable bonds is 5. The summed E-state index contributed by atoms with van der Waals surface area (Å²) in [5.74, 6) is -1.15. The van der Waals surface area contributed by atoms with E-state index in [9.17, 15) is 14.4 Å². The lowest BCUT2D eigenvalue weighted by Gasteiger charge is -2.21. The number of hydrogen-bond acceptors (Lipinski definition) is 6. The van der Waals surface area contributed by atoms with Crippen LogP contribution in [-0.2, 0) is 11.2 Å². The maximum Gasteiger partial charge on any atom is 0.338 e. The number of fused-ring (bicyclic) bond motifs is 2. The van der Waals surface area contributed by atoms with Crippen molar-refractivity contribution in [2.24, 2.45) is 0 Å². The van der Waals surface area contributed by atoms with Gasteiger partial charge in [0.25, 0.3) is 11.8 Å². The maximum atomic E-state index is 13.1. The largest absolute Gasteiger partial charge is 0.456 e. The molecule has 1 unspecified atom stereocenters. The standard InChI is InChI=1S/C29H28ClN5O4/c1-17-20-12-13-24(22(20)11-10-21(17)28(38)39-29(2,3)4)33-26(36)18-14-31-25-23(15-32-34(25)16-18)27(37)35(30)19-8-6-5-7-9-19/h5-11,14-16,24H,12-13H2,1-4H3,(H,33,36). The first-order valence-electron chi connectivity index (χ1n) is 12.6. The number of carbonyl (C=O) groups excluding carboxylic acids is 3. The molecule has 2 aromatic heterocycles. The van der Waals surface area contributed by atoms with Crippen LogP contribution in [0.3, 0.4) is 0 Å². The average molecular weight is 546 g/mol. The number of ether oxygens (including phenoxy) is 1. The van der Waals surface area contributed by atoms with Gasteiger partial charge in [0.15, 0.2) is 5.65 Å². The number of aromatic nitrogens is 3. The molecule has 2 amide bonds. The molecule has 39 heavy (non-hydrogen) atoms. The summed E-state index contributed by atoms with van der Waals surface area (Å²) in [6.07, 6.45) is 5.77. The molecule has 0 fully saturated rings. The minimum atomic E-state index is -0.581. The Bertz CT molecular complexity index is 1590. The van der Waals surface area contributed by atoms with E-state index in [1.54, 1.807) is 30.3 Å². The van der Waals surface area contributed by atoms with Crippen LogP contribution >= 0.6 is 11.8 Å². The normalized spacial score (nSPS) is 14.6. The number of halogens is 1. The van der Waals surface area contributed by atoms with E-state index in [1.165, 1.54) is 23.1 Å². The summed E-state index contributed by atoms with van der Waals surface area (Å²) < 4.78 is 7.94. The molecule has 10 heteroatoms. The molecule has 0 bridgehead atoms. The molecule has 0 aliphatic heterocycles. The Morgan fingerprint density at radius 1 is 1.08 bits per heavy atom. The molecule has 2 aromatic carbocycles. The molecule has 5 rings (SSSR count). The summed E-state index contributed by atoms with van der Waals surface area (Å²) >= 11 is 6.26. The Labute approximate surface area is 230 Å². The topological polar surface area (TPSA) is 106 Å². The highest BCUT2D eigenvalue weighted by Gasteiger charge is 2.29. The molecule has 0 radical (unpaired) electrons. The van der Waals surface area contributed by atoms with Crippen molar-refractivity contribution in [3.8, 4) is 0 Å². The van der Waals surface area contributed by atoms with Crippen LogP contribution in [0.15, 0.2) is 61.1 Å². The van der Waals surface area contributed by atoms with Gasteiger partial charge in [0.1, 0.15) is 11.2 Å². The zero-order valence-electron chi connectivity index (χ0n) is 22.1. The van der Waals surface area contributed by atoms with E-state index in [0.717, 1.165) is 27.5 Å². The van der Waals surface area contributed by atoms with Gasteiger partial charge in [-0.2, -0.15) is 5.10 Å². The minimum Gasteiger partial charge on any atom is -0.456 e. The lowest BCUT2D eigenvalue weighted by molar-refractivity contribution is 0.00683. The number of anilines is 1. The number of esters is 1. The second-order valence-corrected chi connectivity index (χ2v) is 10.8. The third-order valence-electron chi connectivity index (χ3n) is 6.63. The van der Waals surface area contributed by atoms with Crippen molar-refractivity contribution in [1.29, 1.82) is 0 Å². The Morgan fingerprint density at radius 3 is 2.54 bits per heavy atom. The molecule has 0 spiro atoms. The number of nitrogens with zero attached hydrogens (tertiary/aromatic N) is 4. The van der Waals surface area contributed by atoms with Gasteiger partial charge in [-0.15, -0.1) is 0 Å². The van der Waals surface area contributed by atoms with Gasteiger partial charge < -0.3 is 10.1 Å². The number of hydrogen-bond donors (Lipinski definition) is 1. The van der Waals surface area contributed by atoms with Crippen LogP contribution in [-0.4, -0.2) is 38.0 Å². The zero-order valence-corrected chi connectivity index (χ0v) is 22.8. The second kappa shape index (κ2) is 10.1. The molecule has 200 valence electrons. The fourth-order valence-corrected chi connectivity index (χ4v) is 4.95. The molecule has 9 nitrogen and oxygen atoms in total. The SMILES string of the molecule is Cc1c(C(=O)OC(C)(C)C)ccc2c1CCC2NC(=O)c1cnc2c(C(=O)N(Cl)c3ccccc3)cnn2c1. The van der Waals surface area contributed by atoms with Gasteiger partial charge in [-0.05, 0) is 75.4 Å². The van der Waals surface area contributed by atoms with Gasteiger partial charge >= 0.3 is 5.97 Å². The lowest BCUT2D eigenvalue weighted by atomic mass is 9.97. The molecule has 1 aliphatic carbocycles. The van der Waals surface area contributed by atoms with Crippen LogP contribution < -0.4 is 9.74 Å². The predicted octanol–water partition coefficient (Wildman–Crippen LogP) is 5.21. The van der Waals surface area contributed by atoms with Crippen LogP contribution in [0.25, 0.3) is 5.65 Å². The van der Waals surface area contributed by atoms with Crippen LogP contribution in [0.1, 0.15) is 81.0 Å². The highest BCUT2D eigenvalue weighted by molar-refractivity contribution is 6.39. The quantitative estimate of drug-likeness (QED) is 0.272. The summed E-state index contributed by atoms with van der Waals surface area (Å²) in [4.78, 5) is 43.1. The third kappa shape index (κ3) is 5.22. The monoisotopic (exact) mass is 545 g/mol. The van der Waals surface area contributed by atoms with Crippen LogP contribution in [0.4, 0.5) is 5.69 Å². The number of para-hydroxylation sites is 1. The number of benzene rings is 2. The van der Waals surface area contributed by atoms with E-state index in [2.05, 4.69) is 15.4 Å².